The fourth-order valence-corrected chi connectivity index (χ4v) is 4.32. The molecule has 0 N–H and O–H groups in total. The quantitative estimate of drug-likeness (QED) is 0.856. The summed E-state index contributed by atoms with van der Waals surface area (Å²) in [6.45, 7) is 6.64. The maximum absolute atomic E-state index is 12.2. The number of aryl methyl sites for hydroxylation is 1. The molecular weight excluding hydrogens is 302 g/mol. The molecule has 4 nitrogen and oxygen atoms in total. The Kier molecular flexibility index (Phi) is 4.85. The summed E-state index contributed by atoms with van der Waals surface area (Å²) in [6, 6.07) is 2.10. The van der Waals surface area contributed by atoms with Gasteiger partial charge in [0, 0.05) is 37.8 Å². The van der Waals surface area contributed by atoms with Gasteiger partial charge in [0.25, 0.3) is 0 Å². The van der Waals surface area contributed by atoms with E-state index in [1.165, 1.54) is 10.7 Å². The lowest BCUT2D eigenvalue weighted by Crippen LogP contribution is -2.49. The van der Waals surface area contributed by atoms with Crippen LogP contribution in [0.5, 0.6) is 0 Å². The molecule has 1 aromatic heterocycles. The van der Waals surface area contributed by atoms with Crippen molar-refractivity contribution in [2.75, 3.05) is 32.7 Å². The molecule has 3 rings (SSSR count). The highest BCUT2D eigenvalue weighted by molar-refractivity contribution is 8.14. The number of amidine groups is 1. The fourth-order valence-electron chi connectivity index (χ4n) is 2.63. The second-order valence-corrected chi connectivity index (χ2v) is 7.74. The lowest BCUT2D eigenvalue weighted by molar-refractivity contribution is -0.132. The van der Waals surface area contributed by atoms with Gasteiger partial charge in [-0.3, -0.25) is 9.79 Å². The molecule has 0 aliphatic carbocycles. The van der Waals surface area contributed by atoms with Crippen molar-refractivity contribution in [1.29, 1.82) is 0 Å². The van der Waals surface area contributed by atoms with Crippen LogP contribution in [0.2, 0.25) is 0 Å². The molecular formula is C15H21N3OS2. The molecule has 1 amide bonds. The van der Waals surface area contributed by atoms with Crippen LogP contribution in [0.3, 0.4) is 0 Å². The monoisotopic (exact) mass is 323 g/mol. The minimum absolute atomic E-state index is 0.287. The molecule has 2 aliphatic heterocycles. The first-order valence-corrected chi connectivity index (χ1v) is 9.29. The number of piperazine rings is 1. The Morgan fingerprint density at radius 3 is 2.81 bits per heavy atom. The molecule has 1 fully saturated rings. The number of aliphatic imine (C=N–C) groups is 1. The normalized spacial score (nSPS) is 22.5. The zero-order valence-corrected chi connectivity index (χ0v) is 14.0. The molecule has 0 bridgehead atoms. The van der Waals surface area contributed by atoms with E-state index in [-0.39, 0.29) is 5.91 Å². The Labute approximate surface area is 134 Å². The highest BCUT2D eigenvalue weighted by atomic mass is 32.2. The summed E-state index contributed by atoms with van der Waals surface area (Å²) < 4.78 is 0. The van der Waals surface area contributed by atoms with E-state index in [2.05, 4.69) is 33.6 Å². The van der Waals surface area contributed by atoms with Crippen molar-refractivity contribution in [3.05, 3.63) is 22.4 Å². The molecule has 1 unspecified atom stereocenters. The molecule has 21 heavy (non-hydrogen) atoms. The average molecular weight is 323 g/mol. The molecule has 1 saturated heterocycles. The maximum atomic E-state index is 12.2. The summed E-state index contributed by atoms with van der Waals surface area (Å²) in [5.74, 6) is 0.287. The van der Waals surface area contributed by atoms with E-state index in [1.54, 1.807) is 11.3 Å². The topological polar surface area (TPSA) is 35.9 Å². The molecule has 0 spiro atoms. The van der Waals surface area contributed by atoms with Gasteiger partial charge < -0.3 is 9.80 Å². The third kappa shape index (κ3) is 3.80. The van der Waals surface area contributed by atoms with Crippen LogP contribution in [0.1, 0.15) is 18.9 Å². The Morgan fingerprint density at radius 1 is 1.38 bits per heavy atom. The van der Waals surface area contributed by atoms with Crippen molar-refractivity contribution in [3.63, 3.8) is 0 Å². The molecule has 3 heterocycles. The number of rotatable bonds is 3. The predicted octanol–water partition coefficient (Wildman–Crippen LogP) is 2.32. The smallest absolute Gasteiger partial charge is 0.223 e. The number of carbonyl (C=O) groups excluding carboxylic acids is 1. The summed E-state index contributed by atoms with van der Waals surface area (Å²) in [7, 11) is 0. The van der Waals surface area contributed by atoms with Crippen LogP contribution in [0.25, 0.3) is 0 Å². The van der Waals surface area contributed by atoms with Gasteiger partial charge in [-0.1, -0.05) is 18.7 Å². The Morgan fingerprint density at radius 2 is 2.19 bits per heavy atom. The van der Waals surface area contributed by atoms with Crippen molar-refractivity contribution in [1.82, 2.24) is 9.80 Å². The van der Waals surface area contributed by atoms with Crippen LogP contribution in [0, 0.1) is 0 Å². The second-order valence-electron chi connectivity index (χ2n) is 5.55. The first-order valence-electron chi connectivity index (χ1n) is 7.47. The number of thiophene rings is 1. The van der Waals surface area contributed by atoms with Gasteiger partial charge in [-0.15, -0.1) is 0 Å². The number of thioether (sulfide) groups is 1. The minimum Gasteiger partial charge on any atom is -0.348 e. The molecule has 0 saturated carbocycles. The molecule has 0 radical (unpaired) electrons. The molecule has 2 aliphatic rings. The maximum Gasteiger partial charge on any atom is 0.223 e. The number of hydrogen-bond acceptors (Lipinski definition) is 5. The van der Waals surface area contributed by atoms with E-state index in [4.69, 9.17) is 0 Å². The van der Waals surface area contributed by atoms with Crippen molar-refractivity contribution >= 4 is 34.2 Å². The lowest BCUT2D eigenvalue weighted by Gasteiger charge is -2.35. The van der Waals surface area contributed by atoms with Crippen LogP contribution in [-0.4, -0.2) is 58.8 Å². The van der Waals surface area contributed by atoms with Gasteiger partial charge in [-0.25, -0.2) is 0 Å². The summed E-state index contributed by atoms with van der Waals surface area (Å²) >= 11 is 3.56. The third-order valence-electron chi connectivity index (χ3n) is 3.90. The molecule has 114 valence electrons. The van der Waals surface area contributed by atoms with E-state index in [1.807, 2.05) is 16.7 Å². The fraction of sp³-hybridized carbons (Fsp3) is 0.600. The van der Waals surface area contributed by atoms with Gasteiger partial charge >= 0.3 is 0 Å². The standard InChI is InChI=1S/C15H21N3OS2/c1-12-10-16-15(21-12)18-7-5-17(6-8-18)14(19)3-2-13-4-9-20-11-13/h4,9,11-12H,2-3,5-8,10H2,1H3. The SMILES string of the molecule is CC1CN=C(N2CCN(C(=O)CCc3ccsc3)CC2)S1. The summed E-state index contributed by atoms with van der Waals surface area (Å²) in [4.78, 5) is 21.2. The summed E-state index contributed by atoms with van der Waals surface area (Å²) in [5.41, 5.74) is 1.28. The highest BCUT2D eigenvalue weighted by Crippen LogP contribution is 2.23. The van der Waals surface area contributed by atoms with E-state index in [0.29, 0.717) is 11.7 Å². The summed E-state index contributed by atoms with van der Waals surface area (Å²) in [5, 5.41) is 5.97. The number of nitrogens with zero attached hydrogens (tertiary/aromatic N) is 3. The minimum atomic E-state index is 0.287. The molecule has 1 atom stereocenters. The van der Waals surface area contributed by atoms with Crippen molar-refractivity contribution in [3.8, 4) is 0 Å². The third-order valence-corrected chi connectivity index (χ3v) is 5.78. The van der Waals surface area contributed by atoms with Crippen LogP contribution in [0.4, 0.5) is 0 Å². The van der Waals surface area contributed by atoms with Crippen LogP contribution in [-0.2, 0) is 11.2 Å². The Balaban J connectivity index is 1.43. The van der Waals surface area contributed by atoms with Gasteiger partial charge in [-0.05, 0) is 28.8 Å². The van der Waals surface area contributed by atoms with E-state index in [9.17, 15) is 4.79 Å². The van der Waals surface area contributed by atoms with Crippen LogP contribution < -0.4 is 0 Å². The molecule has 1 aromatic rings. The van der Waals surface area contributed by atoms with Crippen molar-refractivity contribution < 1.29 is 4.79 Å². The first kappa shape index (κ1) is 14.9. The largest absolute Gasteiger partial charge is 0.348 e. The van der Waals surface area contributed by atoms with E-state index < -0.39 is 0 Å². The molecule has 6 heteroatoms. The average Bonchev–Trinajstić information content (AvgIpc) is 3.16. The lowest BCUT2D eigenvalue weighted by atomic mass is 10.1. The number of hydrogen-bond donors (Lipinski definition) is 0. The zero-order chi connectivity index (χ0) is 14.7. The predicted molar refractivity (Wildman–Crippen MR) is 90.1 cm³/mol. The first-order chi connectivity index (χ1) is 10.2. The van der Waals surface area contributed by atoms with Gasteiger partial charge in [0.1, 0.15) is 0 Å². The Bertz CT molecular complexity index is 507. The second kappa shape index (κ2) is 6.83. The highest BCUT2D eigenvalue weighted by Gasteiger charge is 2.26. The van der Waals surface area contributed by atoms with Crippen LogP contribution in [0.15, 0.2) is 21.8 Å². The zero-order valence-electron chi connectivity index (χ0n) is 12.3. The van der Waals surface area contributed by atoms with Crippen molar-refractivity contribution in [2.24, 2.45) is 4.99 Å². The Hall–Kier alpha value is -1.01. The van der Waals surface area contributed by atoms with Crippen LogP contribution >= 0.6 is 23.1 Å². The van der Waals surface area contributed by atoms with E-state index in [0.717, 1.165) is 39.1 Å². The van der Waals surface area contributed by atoms with Crippen molar-refractivity contribution in [2.45, 2.75) is 25.0 Å². The van der Waals surface area contributed by atoms with Gasteiger partial charge in [0.05, 0.1) is 6.54 Å². The van der Waals surface area contributed by atoms with Gasteiger partial charge in [0.2, 0.25) is 5.91 Å². The van der Waals surface area contributed by atoms with Gasteiger partial charge in [0.15, 0.2) is 5.17 Å². The number of amides is 1. The summed E-state index contributed by atoms with van der Waals surface area (Å²) in [6.07, 6.45) is 1.49. The van der Waals surface area contributed by atoms with Gasteiger partial charge in [-0.2, -0.15) is 11.3 Å². The molecule has 0 aromatic carbocycles. The van der Waals surface area contributed by atoms with E-state index >= 15 is 0 Å². The number of carbonyl (C=O) groups is 1.